The van der Waals surface area contributed by atoms with Crippen molar-refractivity contribution in [3.05, 3.63) is 72.3 Å². The fraction of sp³-hybridized carbons (Fsp3) is 0.562. The van der Waals surface area contributed by atoms with Gasteiger partial charge in [-0.3, -0.25) is 0 Å². The minimum atomic E-state index is -2.19. The predicted molar refractivity (Wildman–Crippen MR) is 164 cm³/mol. The molecule has 0 radical (unpaired) electrons. The summed E-state index contributed by atoms with van der Waals surface area (Å²) in [6.45, 7) is 27.2. The van der Waals surface area contributed by atoms with Crippen LogP contribution in [0.3, 0.4) is 0 Å². The van der Waals surface area contributed by atoms with E-state index in [1.165, 1.54) is 0 Å². The lowest BCUT2D eigenvalue weighted by Gasteiger charge is -2.51. The van der Waals surface area contributed by atoms with Gasteiger partial charge in [-0.2, -0.15) is 0 Å². The van der Waals surface area contributed by atoms with E-state index in [9.17, 15) is 5.11 Å². The third kappa shape index (κ3) is 5.98. The van der Waals surface area contributed by atoms with Gasteiger partial charge in [-0.25, -0.2) is 0 Å². The van der Waals surface area contributed by atoms with E-state index in [0.717, 1.165) is 22.6 Å². The molecule has 3 atom stereocenters. The van der Waals surface area contributed by atoms with Crippen molar-refractivity contribution in [3.8, 4) is 11.5 Å². The monoisotopic (exact) mass is 554 g/mol. The van der Waals surface area contributed by atoms with Crippen LogP contribution in [0.5, 0.6) is 11.5 Å². The zero-order valence-electron chi connectivity index (χ0n) is 25.4. The van der Waals surface area contributed by atoms with Crippen LogP contribution >= 0.6 is 0 Å². The highest BCUT2D eigenvalue weighted by Gasteiger charge is 2.53. The molecule has 3 rings (SSSR count). The summed E-state index contributed by atoms with van der Waals surface area (Å²) in [7, 11) is -4.21. The topological polar surface area (TPSA) is 47.9 Å². The molecule has 38 heavy (non-hydrogen) atoms. The molecule has 0 saturated carbocycles. The first kappa shape index (κ1) is 30.7. The molecule has 2 aromatic rings. The molecule has 1 aliphatic heterocycles. The largest absolute Gasteiger partial charge is 0.543 e. The first-order valence-corrected chi connectivity index (χ1v) is 19.8. The summed E-state index contributed by atoms with van der Waals surface area (Å²) >= 11 is 0. The maximum atomic E-state index is 12.2. The molecule has 1 heterocycles. The van der Waals surface area contributed by atoms with Gasteiger partial charge in [0.2, 0.25) is 8.32 Å². The van der Waals surface area contributed by atoms with E-state index in [0.29, 0.717) is 19.4 Å². The van der Waals surface area contributed by atoms with Gasteiger partial charge in [0.15, 0.2) is 8.32 Å². The van der Waals surface area contributed by atoms with Crippen LogP contribution in [0.2, 0.25) is 36.3 Å². The Labute approximate surface area is 233 Å². The fourth-order valence-corrected chi connectivity index (χ4v) is 7.15. The number of fused-ring (bicyclic) bond motifs is 1. The summed E-state index contributed by atoms with van der Waals surface area (Å²) in [6, 6.07) is 16.2. The Hall–Kier alpha value is -1.87. The molecule has 0 spiro atoms. The minimum absolute atomic E-state index is 0.0279. The van der Waals surface area contributed by atoms with Crippen LogP contribution in [-0.4, -0.2) is 34.5 Å². The predicted octanol–water partition coefficient (Wildman–Crippen LogP) is 8.79. The Kier molecular flexibility index (Phi) is 8.84. The summed E-state index contributed by atoms with van der Waals surface area (Å²) in [5.41, 5.74) is 1.16. The minimum Gasteiger partial charge on any atom is -0.543 e. The van der Waals surface area contributed by atoms with Crippen molar-refractivity contribution in [1.82, 2.24) is 0 Å². The van der Waals surface area contributed by atoms with Gasteiger partial charge in [0.1, 0.15) is 11.5 Å². The molecule has 0 amide bonds. The van der Waals surface area contributed by atoms with E-state index in [-0.39, 0.29) is 16.2 Å². The Bertz CT molecular complexity index is 1100. The summed E-state index contributed by atoms with van der Waals surface area (Å²) in [4.78, 5) is 0. The van der Waals surface area contributed by atoms with Crippen LogP contribution < -0.4 is 9.16 Å². The van der Waals surface area contributed by atoms with Gasteiger partial charge in [-0.1, -0.05) is 84.0 Å². The van der Waals surface area contributed by atoms with E-state index in [2.05, 4.69) is 86.4 Å². The number of hydrogen-bond acceptors (Lipinski definition) is 4. The van der Waals surface area contributed by atoms with Crippen molar-refractivity contribution in [2.24, 2.45) is 0 Å². The molecule has 0 saturated heterocycles. The Morgan fingerprint density at radius 1 is 0.974 bits per heavy atom. The lowest BCUT2D eigenvalue weighted by molar-refractivity contribution is -0.0319. The van der Waals surface area contributed by atoms with Gasteiger partial charge >= 0.3 is 0 Å². The van der Waals surface area contributed by atoms with Gasteiger partial charge in [0.25, 0.3) is 0 Å². The smallest absolute Gasteiger partial charge is 0.250 e. The van der Waals surface area contributed by atoms with E-state index in [1.54, 1.807) is 0 Å². The Morgan fingerprint density at radius 2 is 1.58 bits per heavy atom. The number of hydrogen-bond donors (Lipinski definition) is 1. The molecular weight excluding hydrogens is 505 g/mol. The molecule has 6 heteroatoms. The number of aliphatic hydroxyl groups is 1. The lowest BCUT2D eigenvalue weighted by atomic mass is 9.65. The zero-order chi connectivity index (χ0) is 28.6. The first-order valence-electron chi connectivity index (χ1n) is 13.9. The molecule has 0 bridgehead atoms. The zero-order valence-corrected chi connectivity index (χ0v) is 27.4. The molecule has 1 N–H and O–H groups in total. The normalized spacial score (nSPS) is 20.2. The first-order chi connectivity index (χ1) is 17.5. The quantitative estimate of drug-likeness (QED) is 0.248. The van der Waals surface area contributed by atoms with E-state index in [4.69, 9.17) is 13.6 Å². The van der Waals surface area contributed by atoms with Crippen molar-refractivity contribution in [2.45, 2.75) is 108 Å². The second kappa shape index (κ2) is 11.0. The molecule has 0 aliphatic carbocycles. The van der Waals surface area contributed by atoms with Crippen LogP contribution in [-0.2, 0) is 9.84 Å². The second-order valence-electron chi connectivity index (χ2n) is 13.9. The van der Waals surface area contributed by atoms with Crippen molar-refractivity contribution < 1.29 is 18.7 Å². The maximum Gasteiger partial charge on any atom is 0.250 e. The molecule has 210 valence electrons. The number of benzene rings is 2. The van der Waals surface area contributed by atoms with Crippen LogP contribution in [0, 0.1) is 0 Å². The van der Waals surface area contributed by atoms with Crippen molar-refractivity contribution in [1.29, 1.82) is 0 Å². The van der Waals surface area contributed by atoms with Crippen LogP contribution in [0.25, 0.3) is 0 Å². The molecule has 0 fully saturated rings. The van der Waals surface area contributed by atoms with Gasteiger partial charge in [-0.15, -0.1) is 6.58 Å². The van der Waals surface area contributed by atoms with E-state index >= 15 is 0 Å². The van der Waals surface area contributed by atoms with Gasteiger partial charge in [0.05, 0.1) is 24.2 Å². The third-order valence-corrected chi connectivity index (χ3v) is 18.1. The van der Waals surface area contributed by atoms with Gasteiger partial charge in [0, 0.05) is 11.6 Å². The number of aliphatic hydroxyl groups excluding tert-OH is 1. The van der Waals surface area contributed by atoms with Gasteiger partial charge < -0.3 is 18.7 Å². The molecule has 2 aromatic carbocycles. The molecule has 3 unspecified atom stereocenters. The average molecular weight is 555 g/mol. The molecule has 1 aliphatic rings. The SMILES string of the molecule is C=CCC(O[Si](C)(C)C(C)(C)C)C1(C(O)c2ccccc2)CCOc2cc(O[Si](C)(C)C(C)(C)C)ccc21. The highest BCUT2D eigenvalue weighted by Crippen LogP contribution is 2.53. The second-order valence-corrected chi connectivity index (χ2v) is 23.3. The van der Waals surface area contributed by atoms with Crippen LogP contribution in [0.15, 0.2) is 61.2 Å². The van der Waals surface area contributed by atoms with E-state index in [1.807, 2.05) is 42.5 Å². The Balaban J connectivity index is 2.20. The molecular formula is C32H50O4Si2. The van der Waals surface area contributed by atoms with Crippen molar-refractivity contribution >= 4 is 16.6 Å². The Morgan fingerprint density at radius 3 is 2.13 bits per heavy atom. The maximum absolute atomic E-state index is 12.2. The summed E-state index contributed by atoms with van der Waals surface area (Å²) in [5.74, 6) is 1.60. The average Bonchev–Trinajstić information content (AvgIpc) is 2.81. The number of rotatable bonds is 9. The van der Waals surface area contributed by atoms with Gasteiger partial charge in [-0.05, 0) is 60.7 Å². The van der Waals surface area contributed by atoms with Crippen molar-refractivity contribution in [2.75, 3.05) is 6.61 Å². The molecule has 0 aromatic heterocycles. The van der Waals surface area contributed by atoms with Crippen LogP contribution in [0.4, 0.5) is 0 Å². The summed E-state index contributed by atoms with van der Waals surface area (Å²) in [5, 5.41) is 12.3. The summed E-state index contributed by atoms with van der Waals surface area (Å²) in [6.07, 6.45) is 2.18. The van der Waals surface area contributed by atoms with E-state index < -0.39 is 28.2 Å². The summed E-state index contributed by atoms with van der Waals surface area (Å²) < 4.78 is 20.1. The lowest BCUT2D eigenvalue weighted by Crippen LogP contribution is -2.55. The highest BCUT2D eigenvalue weighted by atomic mass is 28.4. The molecule has 4 nitrogen and oxygen atoms in total. The van der Waals surface area contributed by atoms with Crippen LogP contribution in [0.1, 0.15) is 71.6 Å². The number of ether oxygens (including phenoxy) is 1. The highest BCUT2D eigenvalue weighted by molar-refractivity contribution is 6.75. The third-order valence-electron chi connectivity index (χ3n) is 9.21. The standard InChI is InChI=1S/C32H50O4Si2/c1-12-16-28(36-38(10,11)31(5,6)7)32(29(33)24-17-14-13-15-18-24)21-22-34-27-23-25(19-20-26(27)32)35-37(8,9)30(2,3)4/h12-15,17-20,23,28-29,33H,1,16,21-22H2,2-11H3. The van der Waals surface area contributed by atoms with Crippen molar-refractivity contribution in [3.63, 3.8) is 0 Å². The fourth-order valence-electron chi connectivity index (χ4n) is 4.76.